The molecule has 1 aromatic rings. The molecule has 2 unspecified atom stereocenters. The van der Waals surface area contributed by atoms with Gasteiger partial charge in [0, 0.05) is 25.2 Å². The molecule has 0 aliphatic carbocycles. The Labute approximate surface area is 112 Å². The molecule has 0 radical (unpaired) electrons. The molecule has 0 bridgehead atoms. The molecule has 1 saturated heterocycles. The van der Waals surface area contributed by atoms with Gasteiger partial charge in [0.05, 0.1) is 5.92 Å². The molecule has 2 amide bonds. The number of hydrogen-bond acceptors (Lipinski definition) is 2. The van der Waals surface area contributed by atoms with Gasteiger partial charge in [-0.25, -0.2) is 0 Å². The van der Waals surface area contributed by atoms with E-state index < -0.39 is 0 Å². The molecule has 3 rings (SSSR count). The van der Waals surface area contributed by atoms with Gasteiger partial charge in [-0.05, 0) is 24.0 Å². The standard InChI is InChI=1S/C15H18N2O2/c1-2-13(18)17-8-7-10(9-17)14-11-5-3-4-6-12(11)16-15(14)19/h3-6,10,14H,2,7-9H2,1H3,(H,16,19). The molecule has 2 heterocycles. The van der Waals surface area contributed by atoms with E-state index in [9.17, 15) is 9.59 Å². The summed E-state index contributed by atoms with van der Waals surface area (Å²) in [6, 6.07) is 7.86. The van der Waals surface area contributed by atoms with Gasteiger partial charge in [0.2, 0.25) is 11.8 Å². The summed E-state index contributed by atoms with van der Waals surface area (Å²) in [5.41, 5.74) is 2.01. The maximum Gasteiger partial charge on any atom is 0.232 e. The lowest BCUT2D eigenvalue weighted by Crippen LogP contribution is -2.30. The van der Waals surface area contributed by atoms with E-state index in [2.05, 4.69) is 5.32 Å². The van der Waals surface area contributed by atoms with E-state index in [-0.39, 0.29) is 23.7 Å². The zero-order valence-corrected chi connectivity index (χ0v) is 11.1. The van der Waals surface area contributed by atoms with Gasteiger partial charge < -0.3 is 10.2 Å². The first-order valence-corrected chi connectivity index (χ1v) is 6.88. The quantitative estimate of drug-likeness (QED) is 0.881. The maximum atomic E-state index is 12.1. The van der Waals surface area contributed by atoms with Gasteiger partial charge in [-0.3, -0.25) is 9.59 Å². The van der Waals surface area contributed by atoms with Gasteiger partial charge in [0.25, 0.3) is 0 Å². The molecule has 0 spiro atoms. The first-order valence-electron chi connectivity index (χ1n) is 6.88. The van der Waals surface area contributed by atoms with Crippen LogP contribution in [0.15, 0.2) is 24.3 Å². The number of likely N-dealkylation sites (tertiary alicyclic amines) is 1. The minimum absolute atomic E-state index is 0.0806. The number of anilines is 1. The number of nitrogens with zero attached hydrogens (tertiary/aromatic N) is 1. The number of amides is 2. The SMILES string of the molecule is CCC(=O)N1CCC(C2C(=O)Nc3ccccc32)C1. The summed E-state index contributed by atoms with van der Waals surface area (Å²) < 4.78 is 0. The molecule has 19 heavy (non-hydrogen) atoms. The summed E-state index contributed by atoms with van der Waals surface area (Å²) in [6.07, 6.45) is 1.46. The maximum absolute atomic E-state index is 12.1. The van der Waals surface area contributed by atoms with Gasteiger partial charge in [0.1, 0.15) is 0 Å². The highest BCUT2D eigenvalue weighted by molar-refractivity contribution is 6.03. The minimum Gasteiger partial charge on any atom is -0.342 e. The first kappa shape index (κ1) is 12.2. The van der Waals surface area contributed by atoms with Crippen molar-refractivity contribution in [3.05, 3.63) is 29.8 Å². The Morgan fingerprint density at radius 2 is 2.21 bits per heavy atom. The minimum atomic E-state index is -0.0918. The van der Waals surface area contributed by atoms with Crippen molar-refractivity contribution in [1.29, 1.82) is 0 Å². The van der Waals surface area contributed by atoms with Gasteiger partial charge in [0.15, 0.2) is 0 Å². The number of benzene rings is 1. The van der Waals surface area contributed by atoms with Crippen molar-refractivity contribution in [3.8, 4) is 0 Å². The van der Waals surface area contributed by atoms with Crippen LogP contribution in [0.1, 0.15) is 31.2 Å². The first-order chi connectivity index (χ1) is 9.20. The molecule has 2 atom stereocenters. The summed E-state index contributed by atoms with van der Waals surface area (Å²) in [5, 5.41) is 2.94. The van der Waals surface area contributed by atoms with Crippen molar-refractivity contribution >= 4 is 17.5 Å². The monoisotopic (exact) mass is 258 g/mol. The molecule has 4 nitrogen and oxygen atoms in total. The van der Waals surface area contributed by atoms with Crippen molar-refractivity contribution in [1.82, 2.24) is 4.90 Å². The highest BCUT2D eigenvalue weighted by Crippen LogP contribution is 2.40. The Morgan fingerprint density at radius 3 is 3.00 bits per heavy atom. The van der Waals surface area contributed by atoms with E-state index in [0.29, 0.717) is 13.0 Å². The van der Waals surface area contributed by atoms with Crippen LogP contribution in [0.2, 0.25) is 0 Å². The predicted molar refractivity (Wildman–Crippen MR) is 72.8 cm³/mol. The average molecular weight is 258 g/mol. The summed E-state index contributed by atoms with van der Waals surface area (Å²) in [5.74, 6) is 0.427. The van der Waals surface area contributed by atoms with E-state index in [1.54, 1.807) is 0 Å². The Balaban J connectivity index is 1.81. The smallest absolute Gasteiger partial charge is 0.232 e. The molecule has 0 saturated carbocycles. The number of rotatable bonds is 2. The van der Waals surface area contributed by atoms with Gasteiger partial charge in [-0.1, -0.05) is 25.1 Å². The van der Waals surface area contributed by atoms with Crippen LogP contribution < -0.4 is 5.32 Å². The van der Waals surface area contributed by atoms with Crippen molar-refractivity contribution in [2.24, 2.45) is 5.92 Å². The molecule has 2 aliphatic heterocycles. The van der Waals surface area contributed by atoms with Crippen molar-refractivity contribution in [2.75, 3.05) is 18.4 Å². The molecular formula is C15H18N2O2. The number of para-hydroxylation sites is 1. The Bertz CT molecular complexity index is 527. The van der Waals surface area contributed by atoms with Crippen LogP contribution >= 0.6 is 0 Å². The Kier molecular flexibility index (Phi) is 3.01. The number of fused-ring (bicyclic) bond motifs is 1. The zero-order chi connectivity index (χ0) is 13.4. The zero-order valence-electron chi connectivity index (χ0n) is 11.1. The largest absolute Gasteiger partial charge is 0.342 e. The lowest BCUT2D eigenvalue weighted by molar-refractivity contribution is -0.130. The number of carbonyl (C=O) groups excluding carboxylic acids is 2. The second-order valence-corrected chi connectivity index (χ2v) is 5.30. The third-order valence-electron chi connectivity index (χ3n) is 4.19. The molecular weight excluding hydrogens is 240 g/mol. The lowest BCUT2D eigenvalue weighted by Gasteiger charge is -2.18. The Morgan fingerprint density at radius 1 is 1.42 bits per heavy atom. The number of hydrogen-bond donors (Lipinski definition) is 1. The van der Waals surface area contributed by atoms with Crippen LogP contribution in [0.3, 0.4) is 0 Å². The number of carbonyl (C=O) groups is 2. The second kappa shape index (κ2) is 4.68. The van der Waals surface area contributed by atoms with Gasteiger partial charge >= 0.3 is 0 Å². The van der Waals surface area contributed by atoms with Crippen LogP contribution in [0.4, 0.5) is 5.69 Å². The fourth-order valence-electron chi connectivity index (χ4n) is 3.21. The van der Waals surface area contributed by atoms with E-state index in [0.717, 1.165) is 24.2 Å². The summed E-state index contributed by atoms with van der Waals surface area (Å²) in [6.45, 7) is 3.37. The predicted octanol–water partition coefficient (Wildman–Crippen LogP) is 1.98. The summed E-state index contributed by atoms with van der Waals surface area (Å²) >= 11 is 0. The van der Waals surface area contributed by atoms with E-state index in [4.69, 9.17) is 0 Å². The molecule has 2 aliphatic rings. The highest BCUT2D eigenvalue weighted by Gasteiger charge is 2.40. The van der Waals surface area contributed by atoms with Crippen LogP contribution in [-0.4, -0.2) is 29.8 Å². The normalized spacial score (nSPS) is 25.3. The van der Waals surface area contributed by atoms with Crippen molar-refractivity contribution in [3.63, 3.8) is 0 Å². The summed E-state index contributed by atoms with van der Waals surface area (Å²) in [7, 11) is 0. The molecule has 1 N–H and O–H groups in total. The highest BCUT2D eigenvalue weighted by atomic mass is 16.2. The number of nitrogens with one attached hydrogen (secondary N) is 1. The van der Waals surface area contributed by atoms with Crippen LogP contribution in [0.5, 0.6) is 0 Å². The lowest BCUT2D eigenvalue weighted by atomic mass is 9.86. The van der Waals surface area contributed by atoms with Crippen LogP contribution in [0.25, 0.3) is 0 Å². The third kappa shape index (κ3) is 2.01. The fourth-order valence-corrected chi connectivity index (χ4v) is 3.21. The summed E-state index contributed by atoms with van der Waals surface area (Å²) in [4.78, 5) is 25.8. The van der Waals surface area contributed by atoms with E-state index in [1.807, 2.05) is 36.1 Å². The third-order valence-corrected chi connectivity index (χ3v) is 4.19. The fraction of sp³-hybridized carbons (Fsp3) is 0.467. The van der Waals surface area contributed by atoms with Crippen molar-refractivity contribution < 1.29 is 9.59 Å². The van der Waals surface area contributed by atoms with Crippen LogP contribution in [-0.2, 0) is 9.59 Å². The Hall–Kier alpha value is -1.84. The molecule has 1 aromatic carbocycles. The van der Waals surface area contributed by atoms with E-state index in [1.165, 1.54) is 0 Å². The molecule has 1 fully saturated rings. The van der Waals surface area contributed by atoms with Gasteiger partial charge in [-0.15, -0.1) is 0 Å². The van der Waals surface area contributed by atoms with E-state index >= 15 is 0 Å². The molecule has 0 aromatic heterocycles. The molecule has 4 heteroatoms. The second-order valence-electron chi connectivity index (χ2n) is 5.30. The topological polar surface area (TPSA) is 49.4 Å². The molecule has 100 valence electrons. The van der Waals surface area contributed by atoms with Gasteiger partial charge in [-0.2, -0.15) is 0 Å². The van der Waals surface area contributed by atoms with Crippen LogP contribution in [0, 0.1) is 5.92 Å². The van der Waals surface area contributed by atoms with Crippen molar-refractivity contribution in [2.45, 2.75) is 25.7 Å². The average Bonchev–Trinajstić information content (AvgIpc) is 3.00.